The highest BCUT2D eigenvalue weighted by Crippen LogP contribution is 2.12. The van der Waals surface area contributed by atoms with Gasteiger partial charge in [0.15, 0.2) is 0 Å². The first-order valence-electron chi connectivity index (χ1n) is 7.22. The number of amides is 2. The molecule has 1 aromatic carbocycles. The molecule has 116 valence electrons. The molecule has 0 atom stereocenters. The summed E-state index contributed by atoms with van der Waals surface area (Å²) in [4.78, 5) is 24.2. The van der Waals surface area contributed by atoms with Crippen molar-refractivity contribution < 1.29 is 4.79 Å². The number of carbonyl (C=O) groups excluding carboxylic acids is 1. The van der Waals surface area contributed by atoms with Gasteiger partial charge in [-0.05, 0) is 24.1 Å². The number of carbonyl (C=O) groups is 1. The van der Waals surface area contributed by atoms with Gasteiger partial charge in [-0.2, -0.15) is 0 Å². The lowest BCUT2D eigenvalue weighted by atomic mass is 10.1. The number of benzene rings is 1. The summed E-state index contributed by atoms with van der Waals surface area (Å²) in [5.74, 6) is 1.03. The van der Waals surface area contributed by atoms with Crippen LogP contribution >= 0.6 is 0 Å². The second-order valence-electron chi connectivity index (χ2n) is 4.86. The van der Waals surface area contributed by atoms with Gasteiger partial charge in [-0.3, -0.25) is 9.88 Å². The summed E-state index contributed by atoms with van der Waals surface area (Å²) in [6, 6.07) is 9.02. The molecular weight excluding hydrogens is 292 g/mol. The number of rotatable bonds is 4. The summed E-state index contributed by atoms with van der Waals surface area (Å²) in [5, 5.41) is 5.45. The van der Waals surface area contributed by atoms with Gasteiger partial charge >= 0.3 is 6.03 Å². The van der Waals surface area contributed by atoms with Gasteiger partial charge in [0.25, 0.3) is 0 Å². The Morgan fingerprint density at radius 3 is 2.70 bits per heavy atom. The highest BCUT2D eigenvalue weighted by atomic mass is 16.2. The van der Waals surface area contributed by atoms with E-state index in [0.29, 0.717) is 11.6 Å². The van der Waals surface area contributed by atoms with E-state index in [1.807, 2.05) is 24.3 Å². The van der Waals surface area contributed by atoms with Gasteiger partial charge in [-0.25, -0.2) is 19.7 Å². The molecule has 0 saturated heterocycles. The second-order valence-corrected chi connectivity index (χ2v) is 4.86. The summed E-state index contributed by atoms with van der Waals surface area (Å²) >= 11 is 0. The van der Waals surface area contributed by atoms with E-state index in [2.05, 4.69) is 32.5 Å². The van der Waals surface area contributed by atoms with Crippen LogP contribution in [0.5, 0.6) is 0 Å². The van der Waals surface area contributed by atoms with Crippen LogP contribution in [0, 0.1) is 0 Å². The molecule has 23 heavy (non-hydrogen) atoms. The first-order chi connectivity index (χ1) is 11.2. The molecule has 7 nitrogen and oxygen atoms in total. The van der Waals surface area contributed by atoms with Crippen LogP contribution in [0.2, 0.25) is 0 Å². The number of nitrogens with one attached hydrogen (secondary N) is 2. The fraction of sp³-hybridized carbons (Fsp3) is 0.125. The molecule has 0 radical (unpaired) electrons. The fourth-order valence-electron chi connectivity index (χ4n) is 2.05. The molecule has 3 aromatic rings. The SMILES string of the molecule is CCc1ccc(NC(=O)Nc2cc(-n3ccnc3)ncn2)cc1. The van der Waals surface area contributed by atoms with Gasteiger partial charge in [-0.1, -0.05) is 19.1 Å². The number of nitrogens with zero attached hydrogens (tertiary/aromatic N) is 4. The Morgan fingerprint density at radius 2 is 2.00 bits per heavy atom. The Labute approximate surface area is 133 Å². The van der Waals surface area contributed by atoms with Crippen LogP contribution in [0.3, 0.4) is 0 Å². The first kappa shape index (κ1) is 14.7. The van der Waals surface area contributed by atoms with E-state index in [0.717, 1.165) is 12.1 Å². The normalized spacial score (nSPS) is 10.3. The zero-order valence-corrected chi connectivity index (χ0v) is 12.6. The maximum absolute atomic E-state index is 12.0. The van der Waals surface area contributed by atoms with E-state index in [-0.39, 0.29) is 6.03 Å². The molecule has 0 saturated carbocycles. The van der Waals surface area contributed by atoms with Crippen LogP contribution in [0.4, 0.5) is 16.3 Å². The Kier molecular flexibility index (Phi) is 4.28. The van der Waals surface area contributed by atoms with Gasteiger partial charge in [0.2, 0.25) is 0 Å². The summed E-state index contributed by atoms with van der Waals surface area (Å²) < 4.78 is 1.73. The minimum atomic E-state index is -0.357. The van der Waals surface area contributed by atoms with Crippen molar-refractivity contribution in [1.29, 1.82) is 0 Å². The molecule has 7 heteroatoms. The number of aromatic nitrogens is 4. The predicted molar refractivity (Wildman–Crippen MR) is 87.6 cm³/mol. The maximum Gasteiger partial charge on any atom is 0.324 e. The summed E-state index contributed by atoms with van der Waals surface area (Å²) in [7, 11) is 0. The second kappa shape index (κ2) is 6.69. The number of aryl methyl sites for hydroxylation is 1. The predicted octanol–water partition coefficient (Wildman–Crippen LogP) is 2.87. The van der Waals surface area contributed by atoms with Crippen molar-refractivity contribution >= 4 is 17.5 Å². The van der Waals surface area contributed by atoms with E-state index in [9.17, 15) is 4.79 Å². The molecular formula is C16H16N6O. The molecule has 0 aliphatic heterocycles. The number of urea groups is 1. The van der Waals surface area contributed by atoms with Crippen LogP contribution in [-0.2, 0) is 6.42 Å². The van der Waals surface area contributed by atoms with Crippen molar-refractivity contribution in [3.63, 3.8) is 0 Å². The van der Waals surface area contributed by atoms with Crippen molar-refractivity contribution in [2.75, 3.05) is 10.6 Å². The minimum Gasteiger partial charge on any atom is -0.308 e. The third-order valence-corrected chi connectivity index (χ3v) is 3.28. The molecule has 0 spiro atoms. The first-order valence-corrected chi connectivity index (χ1v) is 7.22. The maximum atomic E-state index is 12.0. The molecule has 3 rings (SSSR count). The molecule has 2 amide bonds. The van der Waals surface area contributed by atoms with E-state index in [4.69, 9.17) is 0 Å². The fourth-order valence-corrected chi connectivity index (χ4v) is 2.05. The van der Waals surface area contributed by atoms with Crippen LogP contribution in [0.15, 0.2) is 55.4 Å². The van der Waals surface area contributed by atoms with E-state index in [1.165, 1.54) is 11.9 Å². The smallest absolute Gasteiger partial charge is 0.308 e. The van der Waals surface area contributed by atoms with Gasteiger partial charge in [0, 0.05) is 24.1 Å². The van der Waals surface area contributed by atoms with Crippen molar-refractivity contribution in [1.82, 2.24) is 19.5 Å². The lowest BCUT2D eigenvalue weighted by Crippen LogP contribution is -2.20. The summed E-state index contributed by atoms with van der Waals surface area (Å²) in [6.45, 7) is 2.09. The molecule has 0 aliphatic carbocycles. The lowest BCUT2D eigenvalue weighted by Gasteiger charge is -2.08. The largest absolute Gasteiger partial charge is 0.324 e. The van der Waals surface area contributed by atoms with Gasteiger partial charge in [0.05, 0.1) is 0 Å². The molecule has 0 aliphatic rings. The quantitative estimate of drug-likeness (QED) is 0.776. The summed E-state index contributed by atoms with van der Waals surface area (Å²) in [5.41, 5.74) is 1.94. The Morgan fingerprint density at radius 1 is 1.17 bits per heavy atom. The van der Waals surface area contributed by atoms with Gasteiger partial charge in [-0.15, -0.1) is 0 Å². The van der Waals surface area contributed by atoms with Crippen LogP contribution in [0.1, 0.15) is 12.5 Å². The highest BCUT2D eigenvalue weighted by molar-refractivity contribution is 5.99. The average Bonchev–Trinajstić information content (AvgIpc) is 3.10. The monoisotopic (exact) mass is 308 g/mol. The van der Waals surface area contributed by atoms with Gasteiger partial charge < -0.3 is 5.32 Å². The van der Waals surface area contributed by atoms with Crippen LogP contribution in [0.25, 0.3) is 5.82 Å². The number of hydrogen-bond acceptors (Lipinski definition) is 4. The Hall–Kier alpha value is -3.22. The molecule has 2 aromatic heterocycles. The highest BCUT2D eigenvalue weighted by Gasteiger charge is 2.06. The minimum absolute atomic E-state index is 0.357. The zero-order chi connectivity index (χ0) is 16.1. The standard InChI is InChI=1S/C16H16N6O/c1-2-12-3-5-13(6-4-12)20-16(23)21-14-9-15(19-10-18-14)22-8-7-17-11-22/h3-11H,2H2,1H3,(H2,18,19,20,21,23). The molecule has 0 unspecified atom stereocenters. The van der Waals surface area contributed by atoms with Crippen molar-refractivity contribution in [2.24, 2.45) is 0 Å². The lowest BCUT2D eigenvalue weighted by molar-refractivity contribution is 0.262. The third kappa shape index (κ3) is 3.70. The Balaban J connectivity index is 1.66. The number of hydrogen-bond donors (Lipinski definition) is 2. The average molecular weight is 308 g/mol. The third-order valence-electron chi connectivity index (χ3n) is 3.28. The number of anilines is 2. The molecule has 0 fully saturated rings. The van der Waals surface area contributed by atoms with E-state index < -0.39 is 0 Å². The van der Waals surface area contributed by atoms with Crippen molar-refractivity contribution in [3.8, 4) is 5.82 Å². The van der Waals surface area contributed by atoms with Crippen LogP contribution in [-0.4, -0.2) is 25.6 Å². The van der Waals surface area contributed by atoms with Crippen LogP contribution < -0.4 is 10.6 Å². The Bertz CT molecular complexity index is 783. The topological polar surface area (TPSA) is 84.7 Å². The molecule has 2 N–H and O–H groups in total. The number of imidazole rings is 1. The van der Waals surface area contributed by atoms with Crippen molar-refractivity contribution in [2.45, 2.75) is 13.3 Å². The van der Waals surface area contributed by atoms with Crippen molar-refractivity contribution in [3.05, 3.63) is 60.9 Å². The molecule has 2 heterocycles. The molecule has 0 bridgehead atoms. The van der Waals surface area contributed by atoms with E-state index in [1.54, 1.807) is 29.4 Å². The van der Waals surface area contributed by atoms with Gasteiger partial charge in [0.1, 0.15) is 24.3 Å². The zero-order valence-electron chi connectivity index (χ0n) is 12.6. The van der Waals surface area contributed by atoms with E-state index >= 15 is 0 Å². The summed E-state index contributed by atoms with van der Waals surface area (Å²) in [6.07, 6.45) is 7.40.